The minimum Gasteiger partial charge on any atom is -0.497 e. The molecular formula is C32H22ClN6O5S. The van der Waals surface area contributed by atoms with Crippen LogP contribution in [0.15, 0.2) is 113 Å². The monoisotopic (exact) mass is 637 g/mol. The standard InChI is InChI=1S/C32H22ClN6O5S/c1-44-24-14-9-19(10-15-24)27-18-45-32(34-27)38-31(41)29(28(37-38)20-7-12-23(13-8-20)39(42)43)36-35-26-16-11-22(33)17-25(26)30(40)21-5-3-2-4-6-21/h2-18,34-35H,1H3/b36-29-. The van der Waals surface area contributed by atoms with Gasteiger partial charge >= 0.3 is 5.91 Å². The number of halogens is 1. The van der Waals surface area contributed by atoms with E-state index >= 15 is 0 Å². The molecule has 0 fully saturated rings. The zero-order valence-electron chi connectivity index (χ0n) is 23.4. The summed E-state index contributed by atoms with van der Waals surface area (Å²) >= 11 is 7.50. The van der Waals surface area contributed by atoms with Crippen LogP contribution in [-0.2, 0) is 4.79 Å². The minimum atomic E-state index is -0.555. The molecule has 11 nitrogen and oxygen atoms in total. The molecule has 2 heterocycles. The fraction of sp³-hybridized carbons (Fsp3) is 0.0312. The van der Waals surface area contributed by atoms with E-state index in [9.17, 15) is 19.7 Å². The lowest BCUT2D eigenvalue weighted by molar-refractivity contribution is -0.384. The molecule has 2 aliphatic heterocycles. The number of non-ortho nitro benzene ring substituents is 1. The van der Waals surface area contributed by atoms with Gasteiger partial charge in [-0.05, 0) is 60.2 Å². The lowest BCUT2D eigenvalue weighted by atomic mass is 10.0. The van der Waals surface area contributed by atoms with Gasteiger partial charge in [0.25, 0.3) is 5.69 Å². The quantitative estimate of drug-likeness (QED) is 0.106. The number of hydrogen-bond acceptors (Lipinski definition) is 9. The molecule has 223 valence electrons. The third kappa shape index (κ3) is 6.05. The predicted molar refractivity (Wildman–Crippen MR) is 176 cm³/mol. The van der Waals surface area contributed by atoms with Gasteiger partial charge in [-0.2, -0.15) is 15.2 Å². The fourth-order valence-corrected chi connectivity index (χ4v) is 5.52. The van der Waals surface area contributed by atoms with E-state index in [0.717, 1.165) is 11.3 Å². The summed E-state index contributed by atoms with van der Waals surface area (Å²) in [5.41, 5.74) is 5.95. The predicted octanol–water partition coefficient (Wildman–Crippen LogP) is 5.92. The van der Waals surface area contributed by atoms with Gasteiger partial charge in [0.05, 0.1) is 23.4 Å². The van der Waals surface area contributed by atoms with Crippen molar-refractivity contribution in [1.82, 2.24) is 10.3 Å². The lowest BCUT2D eigenvalue weighted by Crippen LogP contribution is -2.38. The van der Waals surface area contributed by atoms with E-state index in [-0.39, 0.29) is 28.5 Å². The van der Waals surface area contributed by atoms with Crippen LogP contribution in [0.3, 0.4) is 0 Å². The Labute approximate surface area is 265 Å². The molecule has 0 atom stereocenters. The Hall–Kier alpha value is -5.72. The lowest BCUT2D eigenvalue weighted by Gasteiger charge is -2.14. The van der Waals surface area contributed by atoms with Crippen molar-refractivity contribution in [2.45, 2.75) is 0 Å². The van der Waals surface area contributed by atoms with E-state index in [1.807, 2.05) is 29.7 Å². The molecule has 1 radical (unpaired) electrons. The van der Waals surface area contributed by atoms with Crippen LogP contribution in [0.25, 0.3) is 5.70 Å². The Kier molecular flexibility index (Phi) is 8.14. The molecule has 13 heteroatoms. The number of hydrogen-bond donors (Lipinski definition) is 2. The molecule has 0 saturated heterocycles. The number of methoxy groups -OCH3 is 1. The number of benzene rings is 4. The van der Waals surface area contributed by atoms with Crippen LogP contribution in [-0.4, -0.2) is 45.3 Å². The number of nitro benzene ring substituents is 1. The van der Waals surface area contributed by atoms with Crippen molar-refractivity contribution in [2.75, 3.05) is 12.5 Å². The van der Waals surface area contributed by atoms with Crippen LogP contribution in [0, 0.1) is 10.1 Å². The number of nitrogens with zero attached hydrogens (tertiary/aromatic N) is 4. The number of carbonyl (C=O) groups excluding carboxylic acids is 2. The van der Waals surface area contributed by atoms with E-state index in [0.29, 0.717) is 32.7 Å². The summed E-state index contributed by atoms with van der Waals surface area (Å²) in [5, 5.41) is 27.3. The molecule has 0 saturated carbocycles. The highest BCUT2D eigenvalue weighted by Crippen LogP contribution is 2.27. The molecule has 2 N–H and O–H groups in total. The van der Waals surface area contributed by atoms with Crippen LogP contribution in [0.4, 0.5) is 11.4 Å². The Morgan fingerprint density at radius 2 is 1.73 bits per heavy atom. The molecule has 4 aromatic carbocycles. The summed E-state index contributed by atoms with van der Waals surface area (Å²) < 4.78 is 5.24. The van der Waals surface area contributed by atoms with E-state index in [4.69, 9.17) is 16.3 Å². The van der Waals surface area contributed by atoms with Crippen molar-refractivity contribution < 1.29 is 19.2 Å². The number of ether oxygens (including phenoxy) is 1. The summed E-state index contributed by atoms with van der Waals surface area (Å²) in [7, 11) is 1.59. The second-order valence-corrected chi connectivity index (χ2v) is 10.9. The third-order valence-electron chi connectivity index (χ3n) is 6.84. The van der Waals surface area contributed by atoms with Crippen molar-refractivity contribution in [3.05, 3.63) is 140 Å². The average Bonchev–Trinajstić information content (AvgIpc) is 3.69. The molecule has 0 unspecified atom stereocenters. The van der Waals surface area contributed by atoms with Gasteiger partial charge < -0.3 is 10.1 Å². The van der Waals surface area contributed by atoms with E-state index in [2.05, 4.69) is 20.9 Å². The molecular weight excluding hydrogens is 616 g/mol. The van der Waals surface area contributed by atoms with Gasteiger partial charge in [-0.3, -0.25) is 25.1 Å². The van der Waals surface area contributed by atoms with Crippen LogP contribution in [0.1, 0.15) is 27.0 Å². The van der Waals surface area contributed by atoms with Crippen LogP contribution >= 0.6 is 23.0 Å². The zero-order chi connectivity index (χ0) is 31.5. The van der Waals surface area contributed by atoms with E-state index < -0.39 is 10.8 Å². The third-order valence-corrected chi connectivity index (χ3v) is 7.93. The van der Waals surface area contributed by atoms with Crippen molar-refractivity contribution in [1.29, 1.82) is 0 Å². The second kappa shape index (κ2) is 12.5. The van der Waals surface area contributed by atoms with Crippen LogP contribution < -0.4 is 15.5 Å². The summed E-state index contributed by atoms with van der Waals surface area (Å²) in [6, 6.07) is 26.5. The Morgan fingerprint density at radius 3 is 2.42 bits per heavy atom. The SMILES string of the molecule is COc1ccc(C2=C[S]=C(N3N=C(c4ccc([N+](=O)[O-])cc4)/C(=N/Nc4ccc(Cl)cc4C(=O)c4ccccc4)C3=O)N2)cc1. The highest BCUT2D eigenvalue weighted by Gasteiger charge is 2.37. The first-order chi connectivity index (χ1) is 21.8. The zero-order valence-corrected chi connectivity index (χ0v) is 25.0. The maximum Gasteiger partial charge on any atom is 0.303 e. The van der Waals surface area contributed by atoms with Gasteiger partial charge in [0, 0.05) is 39.3 Å². The molecule has 0 aliphatic carbocycles. The van der Waals surface area contributed by atoms with Crippen molar-refractivity contribution >= 4 is 68.2 Å². The first-order valence-electron chi connectivity index (χ1n) is 13.4. The molecule has 0 aromatic heterocycles. The molecule has 0 bridgehead atoms. The van der Waals surface area contributed by atoms with Gasteiger partial charge in [0.1, 0.15) is 11.5 Å². The van der Waals surface area contributed by atoms with Crippen molar-refractivity contribution in [3.8, 4) is 5.75 Å². The number of amides is 1. The Balaban J connectivity index is 1.32. The van der Waals surface area contributed by atoms with Gasteiger partial charge in [0.2, 0.25) is 0 Å². The van der Waals surface area contributed by atoms with Crippen molar-refractivity contribution in [3.63, 3.8) is 0 Å². The smallest absolute Gasteiger partial charge is 0.303 e. The normalized spacial score (nSPS) is 14.9. The first kappa shape index (κ1) is 29.4. The maximum atomic E-state index is 13.8. The van der Waals surface area contributed by atoms with Crippen LogP contribution in [0.5, 0.6) is 5.75 Å². The minimum absolute atomic E-state index is 0.0651. The molecule has 1 amide bonds. The van der Waals surface area contributed by atoms with Gasteiger partial charge in [-0.1, -0.05) is 41.9 Å². The molecule has 2 aliphatic rings. The highest BCUT2D eigenvalue weighted by atomic mass is 35.5. The molecule has 4 aromatic rings. The topological polar surface area (TPSA) is 139 Å². The number of rotatable bonds is 8. The highest BCUT2D eigenvalue weighted by molar-refractivity contribution is 8.02. The number of nitrogens with one attached hydrogen (secondary N) is 2. The van der Waals surface area contributed by atoms with E-state index in [1.54, 1.807) is 49.6 Å². The number of nitro groups is 1. The molecule has 45 heavy (non-hydrogen) atoms. The summed E-state index contributed by atoms with van der Waals surface area (Å²) in [5.74, 6) is -0.132. The Bertz CT molecular complexity index is 1960. The summed E-state index contributed by atoms with van der Waals surface area (Å²) in [6.07, 6.45) is 0. The summed E-state index contributed by atoms with van der Waals surface area (Å²) in [4.78, 5) is 37.9. The number of ketones is 1. The second-order valence-electron chi connectivity index (χ2n) is 9.63. The van der Waals surface area contributed by atoms with Gasteiger partial charge in [-0.25, -0.2) is 0 Å². The number of carbonyl (C=O) groups is 2. The maximum absolute atomic E-state index is 13.8. The van der Waals surface area contributed by atoms with E-state index in [1.165, 1.54) is 46.7 Å². The fourth-order valence-electron chi connectivity index (χ4n) is 4.53. The number of hydrazone groups is 2. The molecule has 6 rings (SSSR count). The largest absolute Gasteiger partial charge is 0.497 e. The Morgan fingerprint density at radius 1 is 1.02 bits per heavy atom. The summed E-state index contributed by atoms with van der Waals surface area (Å²) in [6.45, 7) is 0. The average molecular weight is 638 g/mol. The van der Waals surface area contributed by atoms with Gasteiger partial charge in [-0.15, -0.1) is 11.4 Å². The van der Waals surface area contributed by atoms with Crippen LogP contribution in [0.2, 0.25) is 5.02 Å². The first-order valence-corrected chi connectivity index (χ1v) is 14.6. The molecule has 0 spiro atoms. The number of anilines is 1. The van der Waals surface area contributed by atoms with Crippen molar-refractivity contribution in [2.24, 2.45) is 10.2 Å². The van der Waals surface area contributed by atoms with Gasteiger partial charge in [0.15, 0.2) is 16.6 Å².